The number of nitrogens with one attached hydrogen (secondary N) is 2. The third-order valence-electron chi connectivity index (χ3n) is 3.08. The maximum absolute atomic E-state index is 12.1. The molecule has 0 saturated carbocycles. The highest BCUT2D eigenvalue weighted by Crippen LogP contribution is 2.03. The van der Waals surface area contributed by atoms with E-state index >= 15 is 0 Å². The van der Waals surface area contributed by atoms with Crippen LogP contribution < -0.4 is 22.5 Å². The molecule has 0 aromatic carbocycles. The molecule has 0 aliphatic heterocycles. The molecule has 0 fully saturated rings. The van der Waals surface area contributed by atoms with Crippen molar-refractivity contribution in [2.45, 2.75) is 31.3 Å². The van der Waals surface area contributed by atoms with E-state index in [1.807, 2.05) is 0 Å². The number of methoxy groups -OCH3 is 1. The maximum Gasteiger partial charge on any atom is 0.328 e. The van der Waals surface area contributed by atoms with Crippen molar-refractivity contribution in [1.29, 1.82) is 0 Å². The Labute approximate surface area is 158 Å². The van der Waals surface area contributed by atoms with Gasteiger partial charge in [0.15, 0.2) is 5.96 Å². The second-order valence-corrected chi connectivity index (χ2v) is 4.92. The quantitative estimate of drug-likeness (QED) is 0.151. The molecule has 1 rings (SSSR count). The Bertz CT molecular complexity index is 536. The number of halogens is 2. The van der Waals surface area contributed by atoms with Crippen molar-refractivity contribution in [3.05, 3.63) is 18.2 Å². The van der Waals surface area contributed by atoms with Gasteiger partial charge in [-0.1, -0.05) is 0 Å². The maximum atomic E-state index is 12.1. The molecular formula is C13H25Cl2N7O3. The predicted octanol–water partition coefficient (Wildman–Crippen LogP) is -1.17. The fourth-order valence-electron chi connectivity index (χ4n) is 1.90. The van der Waals surface area contributed by atoms with Gasteiger partial charge in [0.1, 0.15) is 6.04 Å². The van der Waals surface area contributed by atoms with Crippen molar-refractivity contribution >= 4 is 42.7 Å². The van der Waals surface area contributed by atoms with Crippen molar-refractivity contribution in [3.8, 4) is 0 Å². The van der Waals surface area contributed by atoms with Crippen LogP contribution in [0.2, 0.25) is 0 Å². The molecule has 0 saturated heterocycles. The van der Waals surface area contributed by atoms with Gasteiger partial charge >= 0.3 is 5.97 Å². The highest BCUT2D eigenvalue weighted by Gasteiger charge is 2.24. The molecule has 12 heteroatoms. The zero-order chi connectivity index (χ0) is 17.2. The fourth-order valence-corrected chi connectivity index (χ4v) is 1.90. The molecule has 2 atom stereocenters. The number of carbonyl (C=O) groups is 2. The molecular weight excluding hydrogens is 373 g/mol. The fraction of sp³-hybridized carbons (Fsp3) is 0.538. The molecule has 25 heavy (non-hydrogen) atoms. The third kappa shape index (κ3) is 9.75. The largest absolute Gasteiger partial charge is 0.467 e. The number of rotatable bonds is 9. The number of H-pyrrole nitrogens is 1. The lowest BCUT2D eigenvalue weighted by Gasteiger charge is -2.18. The SMILES string of the molecule is COC(=O)[C@H](CCCN=C(N)N)NC(=O)[C@@H](N)Cc1cnc[nH]1.Cl.Cl. The molecule has 144 valence electrons. The van der Waals surface area contributed by atoms with Gasteiger partial charge in [-0.2, -0.15) is 0 Å². The Balaban J connectivity index is 0. The van der Waals surface area contributed by atoms with E-state index in [-0.39, 0.29) is 37.2 Å². The minimum atomic E-state index is -0.805. The standard InChI is InChI=1S/C13H23N7O3.2ClH/c1-23-12(22)10(3-2-4-18-13(15)16)20-11(21)9(14)5-8-6-17-7-19-8;;/h6-7,9-10H,2-5,14H2,1H3,(H,17,19)(H,20,21)(H4,15,16,18);2*1H/t9-,10-;;/m0../s1. The minimum Gasteiger partial charge on any atom is -0.467 e. The number of aromatic amines is 1. The van der Waals surface area contributed by atoms with Crippen LogP contribution in [0.3, 0.4) is 0 Å². The number of imidazole rings is 1. The molecule has 0 aliphatic rings. The summed E-state index contributed by atoms with van der Waals surface area (Å²) in [7, 11) is 1.25. The van der Waals surface area contributed by atoms with Crippen LogP contribution in [0.25, 0.3) is 0 Å². The number of ether oxygens (including phenoxy) is 1. The summed E-state index contributed by atoms with van der Waals surface area (Å²) in [6, 6.07) is -1.60. The van der Waals surface area contributed by atoms with Crippen molar-refractivity contribution in [3.63, 3.8) is 0 Å². The van der Waals surface area contributed by atoms with Crippen LogP contribution in [0.4, 0.5) is 0 Å². The van der Waals surface area contributed by atoms with Gasteiger partial charge in [0.2, 0.25) is 5.91 Å². The molecule has 1 heterocycles. The third-order valence-corrected chi connectivity index (χ3v) is 3.08. The molecule has 1 aromatic heterocycles. The lowest BCUT2D eigenvalue weighted by atomic mass is 10.1. The summed E-state index contributed by atoms with van der Waals surface area (Å²) in [4.78, 5) is 34.4. The number of nitrogens with two attached hydrogens (primary N) is 3. The predicted molar refractivity (Wildman–Crippen MR) is 98.6 cm³/mol. The first-order chi connectivity index (χ1) is 10.9. The highest BCUT2D eigenvalue weighted by atomic mass is 35.5. The number of hydrogen-bond donors (Lipinski definition) is 5. The lowest BCUT2D eigenvalue weighted by Crippen LogP contribution is -2.49. The lowest BCUT2D eigenvalue weighted by molar-refractivity contribution is -0.145. The smallest absolute Gasteiger partial charge is 0.328 e. The Kier molecular flexibility index (Phi) is 13.4. The number of hydrogen-bond acceptors (Lipinski definition) is 6. The molecule has 1 aromatic rings. The van der Waals surface area contributed by atoms with E-state index < -0.39 is 24.0 Å². The Morgan fingerprint density at radius 2 is 2.08 bits per heavy atom. The summed E-state index contributed by atoms with van der Waals surface area (Å²) >= 11 is 0. The normalized spacial score (nSPS) is 11.9. The number of nitrogens with zero attached hydrogens (tertiary/aromatic N) is 2. The number of carbonyl (C=O) groups excluding carboxylic acids is 2. The van der Waals surface area contributed by atoms with Gasteiger partial charge in [0, 0.05) is 24.9 Å². The van der Waals surface area contributed by atoms with Crippen LogP contribution >= 0.6 is 24.8 Å². The number of amides is 1. The monoisotopic (exact) mass is 397 g/mol. The van der Waals surface area contributed by atoms with Crippen LogP contribution in [-0.4, -0.2) is 53.5 Å². The van der Waals surface area contributed by atoms with Gasteiger partial charge in [-0.15, -0.1) is 24.8 Å². The molecule has 10 nitrogen and oxygen atoms in total. The van der Waals surface area contributed by atoms with Gasteiger partial charge < -0.3 is 32.2 Å². The molecule has 0 aliphatic carbocycles. The van der Waals surface area contributed by atoms with Crippen LogP contribution in [0.5, 0.6) is 0 Å². The second kappa shape index (κ2) is 13.3. The summed E-state index contributed by atoms with van der Waals surface area (Å²) in [6.07, 6.45) is 4.22. The van der Waals surface area contributed by atoms with E-state index in [4.69, 9.17) is 17.2 Å². The van der Waals surface area contributed by atoms with Gasteiger partial charge in [0.25, 0.3) is 0 Å². The first-order valence-corrected chi connectivity index (χ1v) is 7.10. The topological polar surface area (TPSA) is 174 Å². The van der Waals surface area contributed by atoms with Crippen molar-refractivity contribution in [1.82, 2.24) is 15.3 Å². The first-order valence-electron chi connectivity index (χ1n) is 7.10. The summed E-state index contributed by atoms with van der Waals surface area (Å²) in [6.45, 7) is 0.353. The summed E-state index contributed by atoms with van der Waals surface area (Å²) in [5.74, 6) is -1.01. The highest BCUT2D eigenvalue weighted by molar-refractivity contribution is 5.87. The van der Waals surface area contributed by atoms with Crippen molar-refractivity contribution in [2.75, 3.05) is 13.7 Å². The van der Waals surface area contributed by atoms with E-state index in [1.54, 1.807) is 6.20 Å². The number of guanidine groups is 1. The Hall–Kier alpha value is -2.04. The van der Waals surface area contributed by atoms with Crippen LogP contribution in [0.15, 0.2) is 17.5 Å². The van der Waals surface area contributed by atoms with Gasteiger partial charge in [0.05, 0.1) is 19.5 Å². The summed E-state index contributed by atoms with van der Waals surface area (Å²) in [5.41, 5.74) is 17.0. The summed E-state index contributed by atoms with van der Waals surface area (Å²) in [5, 5.41) is 2.58. The van der Waals surface area contributed by atoms with Crippen LogP contribution in [0, 0.1) is 0 Å². The van der Waals surface area contributed by atoms with E-state index in [9.17, 15) is 9.59 Å². The Morgan fingerprint density at radius 3 is 2.60 bits per heavy atom. The minimum absolute atomic E-state index is 0. The van der Waals surface area contributed by atoms with E-state index in [2.05, 4.69) is 25.0 Å². The average Bonchev–Trinajstić information content (AvgIpc) is 3.01. The molecule has 0 bridgehead atoms. The molecule has 8 N–H and O–H groups in total. The first kappa shape index (κ1) is 25.2. The molecule has 0 radical (unpaired) electrons. The van der Waals surface area contributed by atoms with Crippen molar-refractivity contribution in [2.24, 2.45) is 22.2 Å². The number of esters is 1. The van der Waals surface area contributed by atoms with Gasteiger partial charge in [-0.05, 0) is 12.8 Å². The van der Waals surface area contributed by atoms with Gasteiger partial charge in [-0.3, -0.25) is 9.79 Å². The molecule has 0 spiro atoms. The summed E-state index contributed by atoms with van der Waals surface area (Å²) < 4.78 is 4.68. The zero-order valence-corrected chi connectivity index (χ0v) is 15.4. The zero-order valence-electron chi connectivity index (χ0n) is 13.8. The van der Waals surface area contributed by atoms with E-state index in [1.165, 1.54) is 13.4 Å². The van der Waals surface area contributed by atoms with Crippen LogP contribution in [-0.2, 0) is 20.7 Å². The molecule has 1 amide bonds. The number of aliphatic imine (C=N–C) groups is 1. The second-order valence-electron chi connectivity index (χ2n) is 4.92. The van der Waals surface area contributed by atoms with E-state index in [0.717, 1.165) is 5.69 Å². The molecule has 0 unspecified atom stereocenters. The van der Waals surface area contributed by atoms with Crippen molar-refractivity contribution < 1.29 is 14.3 Å². The average molecular weight is 398 g/mol. The Morgan fingerprint density at radius 1 is 1.40 bits per heavy atom. The van der Waals surface area contributed by atoms with Crippen LogP contribution in [0.1, 0.15) is 18.5 Å². The van der Waals surface area contributed by atoms with Gasteiger partial charge in [-0.25, -0.2) is 9.78 Å². The van der Waals surface area contributed by atoms with E-state index in [0.29, 0.717) is 19.4 Å². The number of aromatic nitrogens is 2.